The van der Waals surface area contributed by atoms with Crippen LogP contribution in [0.25, 0.3) is 0 Å². The molecule has 0 amide bonds. The van der Waals surface area contributed by atoms with E-state index in [1.807, 2.05) is 6.07 Å². The third-order valence-electron chi connectivity index (χ3n) is 1.55. The first kappa shape index (κ1) is 11.7. The molecule has 0 aromatic carbocycles. The summed E-state index contributed by atoms with van der Waals surface area (Å²) in [5.41, 5.74) is 5.94. The maximum absolute atomic E-state index is 8.79. The number of aromatic nitrogens is 1. The summed E-state index contributed by atoms with van der Waals surface area (Å²) in [5.74, 6) is 4.44. The first-order chi connectivity index (χ1) is 7.29. The number of hydrogen-bond acceptors (Lipinski definition) is 6. The minimum Gasteiger partial charge on any atom is -0.382 e. The number of nitriles is 1. The summed E-state index contributed by atoms with van der Waals surface area (Å²) in [6.45, 7) is 0.753. The summed E-state index contributed by atoms with van der Waals surface area (Å²) < 4.78 is 3.90. The Hall–Kier alpha value is -1.37. The fourth-order valence-corrected chi connectivity index (χ4v) is 2.10. The Kier molecular flexibility index (Phi) is 4.82. The lowest BCUT2D eigenvalue weighted by Gasteiger charge is -2.01. The van der Waals surface area contributed by atoms with E-state index in [0.717, 1.165) is 17.3 Å². The van der Waals surface area contributed by atoms with Crippen molar-refractivity contribution in [2.24, 2.45) is 0 Å². The predicted octanol–water partition coefficient (Wildman–Crippen LogP) is 1.38. The van der Waals surface area contributed by atoms with E-state index < -0.39 is 0 Å². The maximum atomic E-state index is 8.79. The number of hydrogen-bond donors (Lipinski definition) is 2. The third kappa shape index (κ3) is 3.35. The van der Waals surface area contributed by atoms with Crippen LogP contribution in [-0.4, -0.2) is 22.4 Å². The van der Waals surface area contributed by atoms with Crippen molar-refractivity contribution in [3.63, 3.8) is 0 Å². The summed E-state index contributed by atoms with van der Waals surface area (Å²) >= 11 is 2.87. The maximum Gasteiger partial charge on any atom is 0.157 e. The third-order valence-corrected chi connectivity index (χ3v) is 3.23. The van der Waals surface area contributed by atoms with Gasteiger partial charge in [0, 0.05) is 12.3 Å². The van der Waals surface area contributed by atoms with Crippen molar-refractivity contribution in [3.8, 4) is 18.4 Å². The van der Waals surface area contributed by atoms with E-state index in [-0.39, 0.29) is 0 Å². The molecule has 0 radical (unpaired) electrons. The van der Waals surface area contributed by atoms with Crippen LogP contribution in [0.2, 0.25) is 0 Å². The number of rotatable bonds is 5. The molecule has 3 N–H and O–H groups in total. The van der Waals surface area contributed by atoms with Crippen LogP contribution < -0.4 is 11.1 Å². The topological polar surface area (TPSA) is 74.7 Å². The molecule has 1 aromatic heterocycles. The molecular weight excluding hydrogens is 228 g/mol. The molecule has 1 aromatic rings. The van der Waals surface area contributed by atoms with Crippen LogP contribution in [0, 0.1) is 23.7 Å². The van der Waals surface area contributed by atoms with Crippen molar-refractivity contribution < 1.29 is 0 Å². The molecule has 0 atom stereocenters. The summed E-state index contributed by atoms with van der Waals surface area (Å²) in [6, 6.07) is 2.02. The van der Waals surface area contributed by atoms with Gasteiger partial charge in [-0.1, -0.05) is 5.92 Å². The molecule has 0 saturated heterocycles. The van der Waals surface area contributed by atoms with Crippen LogP contribution in [0.3, 0.4) is 0 Å². The van der Waals surface area contributed by atoms with Crippen molar-refractivity contribution in [1.29, 1.82) is 5.26 Å². The van der Waals surface area contributed by atoms with Crippen LogP contribution in [0.4, 0.5) is 10.8 Å². The molecule has 0 spiro atoms. The van der Waals surface area contributed by atoms with Gasteiger partial charge < -0.3 is 11.1 Å². The van der Waals surface area contributed by atoms with E-state index in [0.29, 0.717) is 17.1 Å². The Labute approximate surface area is 97.0 Å². The fraction of sp³-hybridized carbons (Fsp3) is 0.333. The molecule has 1 rings (SSSR count). The van der Waals surface area contributed by atoms with Gasteiger partial charge in [0.15, 0.2) is 5.82 Å². The van der Waals surface area contributed by atoms with Gasteiger partial charge in [-0.05, 0) is 11.5 Å². The first-order valence-electron chi connectivity index (χ1n) is 4.20. The van der Waals surface area contributed by atoms with E-state index in [9.17, 15) is 0 Å². The van der Waals surface area contributed by atoms with Crippen molar-refractivity contribution in [2.45, 2.75) is 0 Å². The molecule has 1 heterocycles. The summed E-state index contributed by atoms with van der Waals surface area (Å²) in [6.07, 6.45) is 5.11. The average Bonchev–Trinajstić information content (AvgIpc) is 2.59. The van der Waals surface area contributed by atoms with E-state index in [4.69, 9.17) is 17.4 Å². The van der Waals surface area contributed by atoms with E-state index in [2.05, 4.69) is 15.6 Å². The van der Waals surface area contributed by atoms with Gasteiger partial charge in [-0.2, -0.15) is 9.64 Å². The number of nitrogen functional groups attached to an aromatic ring is 1. The zero-order chi connectivity index (χ0) is 11.1. The lowest BCUT2D eigenvalue weighted by Crippen LogP contribution is -2.04. The van der Waals surface area contributed by atoms with E-state index >= 15 is 0 Å². The average molecular weight is 238 g/mol. The zero-order valence-electron chi connectivity index (χ0n) is 7.99. The van der Waals surface area contributed by atoms with Crippen LogP contribution in [-0.2, 0) is 0 Å². The van der Waals surface area contributed by atoms with E-state index in [1.54, 1.807) is 11.8 Å². The zero-order valence-corrected chi connectivity index (χ0v) is 9.62. The summed E-state index contributed by atoms with van der Waals surface area (Å²) in [7, 11) is 0. The number of nitrogens with one attached hydrogen (secondary N) is 1. The van der Waals surface area contributed by atoms with Crippen molar-refractivity contribution in [3.05, 3.63) is 5.56 Å². The number of nitrogens with two attached hydrogens (primary N) is 1. The van der Waals surface area contributed by atoms with Gasteiger partial charge in [-0.3, -0.25) is 0 Å². The minimum absolute atomic E-state index is 0.293. The Morgan fingerprint density at radius 3 is 3.13 bits per heavy atom. The summed E-state index contributed by atoms with van der Waals surface area (Å²) in [4.78, 5) is 0. The highest BCUT2D eigenvalue weighted by Crippen LogP contribution is 2.25. The smallest absolute Gasteiger partial charge is 0.157 e. The van der Waals surface area contributed by atoms with Crippen molar-refractivity contribution >= 4 is 34.1 Å². The lowest BCUT2D eigenvalue weighted by molar-refractivity contribution is 1.24. The van der Waals surface area contributed by atoms with Gasteiger partial charge in [0.2, 0.25) is 0 Å². The molecule has 0 fully saturated rings. The normalized spacial score (nSPS) is 9.20. The molecule has 0 aliphatic rings. The molecule has 15 heavy (non-hydrogen) atoms. The second-order valence-corrected chi connectivity index (χ2v) is 4.45. The van der Waals surface area contributed by atoms with Crippen molar-refractivity contribution in [1.82, 2.24) is 4.37 Å². The second kappa shape index (κ2) is 6.18. The molecule has 6 heteroatoms. The largest absolute Gasteiger partial charge is 0.382 e. The van der Waals surface area contributed by atoms with Crippen molar-refractivity contribution in [2.75, 3.05) is 29.1 Å². The minimum atomic E-state index is 0.293. The molecule has 0 aliphatic heterocycles. The molecule has 4 nitrogen and oxygen atoms in total. The quantitative estimate of drug-likeness (QED) is 0.598. The van der Waals surface area contributed by atoms with Crippen LogP contribution in [0.1, 0.15) is 5.56 Å². The highest BCUT2D eigenvalue weighted by Gasteiger charge is 2.09. The highest BCUT2D eigenvalue weighted by molar-refractivity contribution is 7.99. The van der Waals surface area contributed by atoms with E-state index in [1.165, 1.54) is 11.5 Å². The van der Waals surface area contributed by atoms with Gasteiger partial charge in [0.05, 0.1) is 5.75 Å². The number of anilines is 2. The Balaban J connectivity index is 2.39. The van der Waals surface area contributed by atoms with Crippen LogP contribution in [0.5, 0.6) is 0 Å². The number of nitrogens with zero attached hydrogens (tertiary/aromatic N) is 2. The molecule has 0 aliphatic carbocycles. The Morgan fingerprint density at radius 2 is 2.47 bits per heavy atom. The predicted molar refractivity (Wildman–Crippen MR) is 65.9 cm³/mol. The molecule has 0 saturated carbocycles. The lowest BCUT2D eigenvalue weighted by atomic mass is 10.3. The monoisotopic (exact) mass is 238 g/mol. The van der Waals surface area contributed by atoms with Crippen LogP contribution >= 0.6 is 23.3 Å². The first-order valence-corrected chi connectivity index (χ1v) is 6.12. The molecule has 0 unspecified atom stereocenters. The molecular formula is C9H10N4S2. The molecule has 78 valence electrons. The SMILES string of the molecule is C#CCSCCNc1snc(N)c1C#N. The van der Waals surface area contributed by atoms with Gasteiger partial charge in [-0.25, -0.2) is 0 Å². The fourth-order valence-electron chi connectivity index (χ4n) is 0.899. The van der Waals surface area contributed by atoms with Gasteiger partial charge >= 0.3 is 0 Å². The number of thioether (sulfide) groups is 1. The molecule has 0 bridgehead atoms. The highest BCUT2D eigenvalue weighted by atomic mass is 32.2. The Morgan fingerprint density at radius 1 is 1.67 bits per heavy atom. The summed E-state index contributed by atoms with van der Waals surface area (Å²) in [5, 5.41) is 12.6. The van der Waals surface area contributed by atoms with Gasteiger partial charge in [-0.15, -0.1) is 18.2 Å². The second-order valence-electron chi connectivity index (χ2n) is 2.57. The Bertz CT molecular complexity index is 399. The van der Waals surface area contributed by atoms with Crippen LogP contribution in [0.15, 0.2) is 0 Å². The van der Waals surface area contributed by atoms with Gasteiger partial charge in [0.1, 0.15) is 16.6 Å². The standard InChI is InChI=1S/C9H10N4S2/c1-2-4-14-5-3-12-9-7(6-10)8(11)13-15-9/h1,12H,3-5H2,(H2,11,13). The number of terminal acetylenes is 1. The van der Waals surface area contributed by atoms with Gasteiger partial charge in [0.25, 0.3) is 0 Å².